The van der Waals surface area contributed by atoms with Gasteiger partial charge in [0.15, 0.2) is 10.2 Å². The number of hydrogen-bond donors (Lipinski definition) is 4. The normalized spacial score (nSPS) is 9.92. The number of anilines is 2. The van der Waals surface area contributed by atoms with Crippen molar-refractivity contribution in [2.45, 2.75) is 13.8 Å². The summed E-state index contributed by atoms with van der Waals surface area (Å²) >= 11 is 16.7. The van der Waals surface area contributed by atoms with E-state index in [-0.39, 0.29) is 0 Å². The zero-order chi connectivity index (χ0) is 18.4. The third kappa shape index (κ3) is 5.74. The Morgan fingerprint density at radius 1 is 1.00 bits per heavy atom. The number of halogens is 1. The molecule has 0 fully saturated rings. The van der Waals surface area contributed by atoms with Gasteiger partial charge in [0.05, 0.1) is 17.8 Å². The van der Waals surface area contributed by atoms with Crippen molar-refractivity contribution in [2.24, 2.45) is 0 Å². The molecule has 25 heavy (non-hydrogen) atoms. The summed E-state index contributed by atoms with van der Waals surface area (Å²) in [5, 5.41) is 7.42. The number of ether oxygens (including phenoxy) is 1. The van der Waals surface area contributed by atoms with Crippen LogP contribution in [0.2, 0.25) is 5.02 Å². The molecule has 132 valence electrons. The van der Waals surface area contributed by atoms with Gasteiger partial charge in [-0.1, -0.05) is 23.7 Å². The number of rotatable bonds is 3. The first-order chi connectivity index (χ1) is 11.9. The van der Waals surface area contributed by atoms with Gasteiger partial charge < -0.3 is 15.4 Å². The smallest absolute Gasteiger partial charge is 0.189 e. The second-order valence-electron chi connectivity index (χ2n) is 5.33. The number of hydrazine groups is 1. The van der Waals surface area contributed by atoms with Gasteiger partial charge in [-0.05, 0) is 67.6 Å². The quantitative estimate of drug-likeness (QED) is 0.460. The van der Waals surface area contributed by atoms with Crippen LogP contribution in [0, 0.1) is 13.8 Å². The van der Waals surface area contributed by atoms with Gasteiger partial charge in [0, 0.05) is 11.8 Å². The molecule has 0 aliphatic rings. The van der Waals surface area contributed by atoms with Crippen LogP contribution in [0.1, 0.15) is 11.1 Å². The van der Waals surface area contributed by atoms with Crippen LogP contribution in [0.3, 0.4) is 0 Å². The van der Waals surface area contributed by atoms with Crippen molar-refractivity contribution in [2.75, 3.05) is 17.7 Å². The topological polar surface area (TPSA) is 57.4 Å². The van der Waals surface area contributed by atoms with Gasteiger partial charge in [0.1, 0.15) is 5.75 Å². The van der Waals surface area contributed by atoms with E-state index in [4.69, 9.17) is 40.8 Å². The second kappa shape index (κ2) is 8.84. The molecule has 2 aromatic rings. The Morgan fingerprint density at radius 2 is 1.68 bits per heavy atom. The van der Waals surface area contributed by atoms with Gasteiger partial charge in [-0.2, -0.15) is 0 Å². The summed E-state index contributed by atoms with van der Waals surface area (Å²) in [5.41, 5.74) is 9.31. The van der Waals surface area contributed by atoms with E-state index in [0.717, 1.165) is 28.3 Å². The fraction of sp³-hybridized carbons (Fsp3) is 0.176. The summed E-state index contributed by atoms with van der Waals surface area (Å²) in [6.45, 7) is 3.95. The lowest BCUT2D eigenvalue weighted by molar-refractivity contribution is 0.415. The van der Waals surface area contributed by atoms with Crippen LogP contribution >= 0.6 is 36.0 Å². The second-order valence-corrected chi connectivity index (χ2v) is 6.55. The minimum absolute atomic E-state index is 0.351. The summed E-state index contributed by atoms with van der Waals surface area (Å²) in [6.07, 6.45) is 0. The van der Waals surface area contributed by atoms with Crippen molar-refractivity contribution in [3.63, 3.8) is 0 Å². The average molecular weight is 395 g/mol. The van der Waals surface area contributed by atoms with E-state index in [0.29, 0.717) is 15.2 Å². The Morgan fingerprint density at radius 3 is 2.32 bits per heavy atom. The van der Waals surface area contributed by atoms with Gasteiger partial charge in [-0.15, -0.1) is 0 Å². The molecule has 0 saturated carbocycles. The highest BCUT2D eigenvalue weighted by Crippen LogP contribution is 2.27. The maximum atomic E-state index is 6.26. The molecule has 0 amide bonds. The lowest BCUT2D eigenvalue weighted by Gasteiger charge is -2.16. The number of benzene rings is 2. The molecule has 0 heterocycles. The molecule has 0 saturated heterocycles. The van der Waals surface area contributed by atoms with Crippen LogP contribution in [0.25, 0.3) is 0 Å². The molecule has 8 heteroatoms. The van der Waals surface area contributed by atoms with E-state index in [2.05, 4.69) is 21.5 Å². The number of nitrogens with one attached hydrogen (secondary N) is 4. The van der Waals surface area contributed by atoms with Crippen LogP contribution in [0.5, 0.6) is 5.75 Å². The third-order valence-corrected chi connectivity index (χ3v) is 3.99. The van der Waals surface area contributed by atoms with Crippen molar-refractivity contribution in [3.05, 3.63) is 52.5 Å². The lowest BCUT2D eigenvalue weighted by atomic mass is 10.1. The molecule has 2 aromatic carbocycles. The fourth-order valence-electron chi connectivity index (χ4n) is 2.20. The highest BCUT2D eigenvalue weighted by Gasteiger charge is 2.07. The van der Waals surface area contributed by atoms with E-state index < -0.39 is 0 Å². The Labute approximate surface area is 163 Å². The van der Waals surface area contributed by atoms with E-state index >= 15 is 0 Å². The van der Waals surface area contributed by atoms with E-state index in [1.165, 1.54) is 0 Å². The Balaban J connectivity index is 1.88. The molecule has 0 atom stereocenters. The predicted molar refractivity (Wildman–Crippen MR) is 113 cm³/mol. The van der Waals surface area contributed by atoms with Crippen molar-refractivity contribution in [1.29, 1.82) is 0 Å². The van der Waals surface area contributed by atoms with Crippen LogP contribution in [0.15, 0.2) is 36.4 Å². The standard InChI is InChI=1S/C17H19ClN4OS2/c1-10-7-11(2)15(14(18)8-10)20-17(25)22-21-16(24)19-12-5-4-6-13(9-12)23-3/h4-9H,1-3H3,(H2,19,21,24)(H2,20,22,25). The highest BCUT2D eigenvalue weighted by molar-refractivity contribution is 7.81. The van der Waals surface area contributed by atoms with E-state index in [1.807, 2.05) is 50.2 Å². The number of thiocarbonyl (C=S) groups is 2. The lowest BCUT2D eigenvalue weighted by Crippen LogP contribution is -2.45. The Bertz CT molecular complexity index is 775. The molecule has 0 spiro atoms. The van der Waals surface area contributed by atoms with Crippen molar-refractivity contribution in [3.8, 4) is 5.75 Å². The van der Waals surface area contributed by atoms with E-state index in [9.17, 15) is 0 Å². The van der Waals surface area contributed by atoms with Gasteiger partial charge in [-0.25, -0.2) is 0 Å². The Hall–Kier alpha value is -2.09. The van der Waals surface area contributed by atoms with Crippen LogP contribution in [0.4, 0.5) is 11.4 Å². The van der Waals surface area contributed by atoms with Gasteiger partial charge in [0.2, 0.25) is 0 Å². The summed E-state index contributed by atoms with van der Waals surface area (Å²) in [4.78, 5) is 0. The van der Waals surface area contributed by atoms with Crippen molar-refractivity contribution < 1.29 is 4.74 Å². The number of hydrogen-bond acceptors (Lipinski definition) is 3. The molecular weight excluding hydrogens is 376 g/mol. The van der Waals surface area contributed by atoms with Crippen molar-refractivity contribution in [1.82, 2.24) is 10.9 Å². The number of methoxy groups -OCH3 is 1. The Kier molecular flexibility index (Phi) is 6.81. The molecule has 5 nitrogen and oxygen atoms in total. The monoisotopic (exact) mass is 394 g/mol. The van der Waals surface area contributed by atoms with Crippen LogP contribution < -0.4 is 26.2 Å². The molecular formula is C17H19ClN4OS2. The molecule has 0 unspecified atom stereocenters. The highest BCUT2D eigenvalue weighted by atomic mass is 35.5. The molecule has 0 radical (unpaired) electrons. The minimum Gasteiger partial charge on any atom is -0.497 e. The zero-order valence-corrected chi connectivity index (χ0v) is 16.5. The van der Waals surface area contributed by atoms with Crippen LogP contribution in [-0.2, 0) is 0 Å². The first kappa shape index (κ1) is 19.2. The minimum atomic E-state index is 0.351. The molecule has 0 aliphatic carbocycles. The van der Waals surface area contributed by atoms with E-state index in [1.54, 1.807) is 7.11 Å². The SMILES string of the molecule is COc1cccc(NC(=S)NNC(=S)Nc2c(C)cc(C)cc2Cl)c1. The zero-order valence-electron chi connectivity index (χ0n) is 14.1. The summed E-state index contributed by atoms with van der Waals surface area (Å²) in [7, 11) is 1.61. The summed E-state index contributed by atoms with van der Waals surface area (Å²) in [5.74, 6) is 0.738. The average Bonchev–Trinajstić information content (AvgIpc) is 2.56. The predicted octanol–water partition coefficient (Wildman–Crippen LogP) is 4.15. The maximum Gasteiger partial charge on any atom is 0.189 e. The molecule has 0 bridgehead atoms. The van der Waals surface area contributed by atoms with Gasteiger partial charge in [-0.3, -0.25) is 10.9 Å². The first-order valence-electron chi connectivity index (χ1n) is 7.44. The van der Waals surface area contributed by atoms with Gasteiger partial charge in [0.25, 0.3) is 0 Å². The first-order valence-corrected chi connectivity index (χ1v) is 8.63. The third-order valence-electron chi connectivity index (χ3n) is 3.29. The molecule has 2 rings (SSSR count). The molecule has 0 aliphatic heterocycles. The van der Waals surface area contributed by atoms with Crippen molar-refractivity contribution >= 4 is 57.6 Å². The summed E-state index contributed by atoms with van der Waals surface area (Å²) < 4.78 is 5.17. The summed E-state index contributed by atoms with van der Waals surface area (Å²) in [6, 6.07) is 11.3. The largest absolute Gasteiger partial charge is 0.497 e. The number of aryl methyl sites for hydroxylation is 2. The fourth-order valence-corrected chi connectivity index (χ4v) is 2.89. The molecule has 4 N–H and O–H groups in total. The van der Waals surface area contributed by atoms with Gasteiger partial charge >= 0.3 is 0 Å². The maximum absolute atomic E-state index is 6.26. The molecule has 0 aromatic heterocycles. The van der Waals surface area contributed by atoms with Crippen LogP contribution in [-0.4, -0.2) is 17.3 Å².